The number of halogens is 3. The van der Waals surface area contributed by atoms with Crippen molar-refractivity contribution in [2.45, 2.75) is 24.6 Å². The molecule has 0 aromatic heterocycles. The maximum Gasteiger partial charge on any atom is 0.416 e. The fraction of sp³-hybridized carbons (Fsp3) is 0.462. The van der Waals surface area contributed by atoms with E-state index in [9.17, 15) is 18.0 Å². The van der Waals surface area contributed by atoms with Crippen molar-refractivity contribution in [2.75, 3.05) is 13.2 Å². The largest absolute Gasteiger partial charge is 0.484 e. The highest BCUT2D eigenvalue weighted by molar-refractivity contribution is 6.00. The zero-order valence-corrected chi connectivity index (χ0v) is 9.92. The molecule has 3 rings (SSSR count). The number of Topliss-reactive ketones (excluding diaryl/α,β-unsaturated/α-hetero) is 1. The SMILES string of the molecule is O=C1CC2(CCOC2)Oc2cc(C(F)(F)F)ccc21. The molecule has 2 aliphatic heterocycles. The summed E-state index contributed by atoms with van der Waals surface area (Å²) in [5.41, 5.74) is -1.38. The van der Waals surface area contributed by atoms with Gasteiger partial charge in [-0.15, -0.1) is 0 Å². The third kappa shape index (κ3) is 2.10. The van der Waals surface area contributed by atoms with E-state index in [1.807, 2.05) is 0 Å². The predicted molar refractivity (Wildman–Crippen MR) is 59.2 cm³/mol. The predicted octanol–water partition coefficient (Wildman–Crippen LogP) is 2.83. The summed E-state index contributed by atoms with van der Waals surface area (Å²) < 4.78 is 48.8. The van der Waals surface area contributed by atoms with Gasteiger partial charge in [-0.1, -0.05) is 0 Å². The Balaban J connectivity index is 2.02. The monoisotopic (exact) mass is 272 g/mol. The number of carbonyl (C=O) groups is 1. The number of carbonyl (C=O) groups excluding carboxylic acids is 1. The van der Waals surface area contributed by atoms with Gasteiger partial charge in [-0.2, -0.15) is 13.2 Å². The van der Waals surface area contributed by atoms with E-state index < -0.39 is 17.3 Å². The molecule has 0 bridgehead atoms. The molecule has 0 radical (unpaired) electrons. The lowest BCUT2D eigenvalue weighted by Crippen LogP contribution is -2.42. The zero-order chi connectivity index (χ0) is 13.7. The van der Waals surface area contributed by atoms with Crippen LogP contribution in [0.4, 0.5) is 13.2 Å². The van der Waals surface area contributed by atoms with Gasteiger partial charge >= 0.3 is 6.18 Å². The Morgan fingerprint density at radius 3 is 2.68 bits per heavy atom. The maximum absolute atomic E-state index is 12.7. The van der Waals surface area contributed by atoms with Crippen LogP contribution in [0.5, 0.6) is 5.75 Å². The average molecular weight is 272 g/mol. The molecule has 1 aromatic rings. The van der Waals surface area contributed by atoms with Crippen LogP contribution in [0.2, 0.25) is 0 Å². The standard InChI is InChI=1S/C13H11F3O3/c14-13(15,16)8-1-2-9-10(17)6-12(3-4-18-7-12)19-11(9)5-8/h1-2,5H,3-4,6-7H2. The molecule has 0 saturated carbocycles. The number of hydrogen-bond acceptors (Lipinski definition) is 3. The van der Waals surface area contributed by atoms with Crippen molar-refractivity contribution in [1.29, 1.82) is 0 Å². The molecule has 0 N–H and O–H groups in total. The van der Waals surface area contributed by atoms with Gasteiger partial charge in [0.25, 0.3) is 0 Å². The Hall–Kier alpha value is -1.56. The fourth-order valence-corrected chi connectivity index (χ4v) is 2.48. The molecule has 2 aliphatic rings. The van der Waals surface area contributed by atoms with E-state index in [0.717, 1.165) is 12.1 Å². The topological polar surface area (TPSA) is 35.5 Å². The van der Waals surface area contributed by atoms with Crippen LogP contribution in [0, 0.1) is 0 Å². The van der Waals surface area contributed by atoms with Crippen molar-refractivity contribution < 1.29 is 27.4 Å². The molecule has 1 atom stereocenters. The fourth-order valence-electron chi connectivity index (χ4n) is 2.48. The van der Waals surface area contributed by atoms with Gasteiger partial charge in [-0.3, -0.25) is 4.79 Å². The van der Waals surface area contributed by atoms with Gasteiger partial charge < -0.3 is 9.47 Å². The van der Waals surface area contributed by atoms with E-state index in [2.05, 4.69) is 0 Å². The highest BCUT2D eigenvalue weighted by atomic mass is 19.4. The molecule has 0 aliphatic carbocycles. The van der Waals surface area contributed by atoms with Gasteiger partial charge in [0, 0.05) is 6.42 Å². The molecule has 6 heteroatoms. The number of hydrogen-bond donors (Lipinski definition) is 0. The van der Waals surface area contributed by atoms with Crippen LogP contribution in [0.3, 0.4) is 0 Å². The number of ketones is 1. The first-order valence-electron chi connectivity index (χ1n) is 5.91. The lowest BCUT2D eigenvalue weighted by molar-refractivity contribution is -0.137. The van der Waals surface area contributed by atoms with Crippen LogP contribution in [0.1, 0.15) is 28.8 Å². The molecule has 1 spiro atoms. The van der Waals surface area contributed by atoms with Gasteiger partial charge in [0.05, 0.1) is 30.8 Å². The first kappa shape index (κ1) is 12.5. The molecular weight excluding hydrogens is 261 g/mol. The molecule has 102 valence electrons. The van der Waals surface area contributed by atoms with Gasteiger partial charge in [0.2, 0.25) is 0 Å². The number of alkyl halides is 3. The third-order valence-corrected chi connectivity index (χ3v) is 3.49. The molecular formula is C13H11F3O3. The van der Waals surface area contributed by atoms with Crippen molar-refractivity contribution >= 4 is 5.78 Å². The number of ether oxygens (including phenoxy) is 2. The average Bonchev–Trinajstić information content (AvgIpc) is 2.75. The van der Waals surface area contributed by atoms with Crippen LogP contribution in [-0.4, -0.2) is 24.6 Å². The van der Waals surface area contributed by atoms with Crippen molar-refractivity contribution in [3.8, 4) is 5.75 Å². The number of fused-ring (bicyclic) bond motifs is 1. The molecule has 1 saturated heterocycles. The summed E-state index contributed by atoms with van der Waals surface area (Å²) >= 11 is 0. The zero-order valence-electron chi connectivity index (χ0n) is 9.92. The Labute approximate surface area is 107 Å². The Kier molecular flexibility index (Phi) is 2.60. The van der Waals surface area contributed by atoms with Crippen LogP contribution in [0.15, 0.2) is 18.2 Å². The van der Waals surface area contributed by atoms with E-state index in [1.165, 1.54) is 6.07 Å². The number of rotatable bonds is 0. The summed E-state index contributed by atoms with van der Waals surface area (Å²) in [4.78, 5) is 12.0. The second-order valence-electron chi connectivity index (χ2n) is 4.90. The summed E-state index contributed by atoms with van der Waals surface area (Å²) in [5.74, 6) is -0.183. The first-order valence-corrected chi connectivity index (χ1v) is 5.91. The smallest absolute Gasteiger partial charge is 0.416 e. The molecule has 0 amide bonds. The summed E-state index contributed by atoms with van der Waals surface area (Å²) in [5, 5.41) is 0. The highest BCUT2D eigenvalue weighted by Crippen LogP contribution is 2.40. The minimum atomic E-state index is -4.45. The molecule has 19 heavy (non-hydrogen) atoms. The molecule has 2 heterocycles. The second kappa shape index (κ2) is 3.96. The Bertz CT molecular complexity index is 530. The third-order valence-electron chi connectivity index (χ3n) is 3.49. The normalized spacial score (nSPS) is 26.4. The van der Waals surface area contributed by atoms with Gasteiger partial charge in [0.15, 0.2) is 5.78 Å². The lowest BCUT2D eigenvalue weighted by Gasteiger charge is -2.33. The van der Waals surface area contributed by atoms with Gasteiger partial charge in [0.1, 0.15) is 11.4 Å². The van der Waals surface area contributed by atoms with Gasteiger partial charge in [-0.25, -0.2) is 0 Å². The van der Waals surface area contributed by atoms with E-state index in [0.29, 0.717) is 13.0 Å². The Morgan fingerprint density at radius 1 is 1.26 bits per heavy atom. The highest BCUT2D eigenvalue weighted by Gasteiger charge is 2.44. The number of benzene rings is 1. The summed E-state index contributed by atoms with van der Waals surface area (Å²) in [6, 6.07) is 2.98. The summed E-state index contributed by atoms with van der Waals surface area (Å²) in [6.45, 7) is 0.704. The molecule has 1 unspecified atom stereocenters. The molecule has 3 nitrogen and oxygen atoms in total. The van der Waals surface area contributed by atoms with Crippen molar-refractivity contribution in [1.82, 2.24) is 0 Å². The molecule has 1 aromatic carbocycles. The second-order valence-corrected chi connectivity index (χ2v) is 4.90. The summed E-state index contributed by atoms with van der Waals surface area (Å²) in [6.07, 6.45) is -3.77. The van der Waals surface area contributed by atoms with Crippen molar-refractivity contribution in [2.24, 2.45) is 0 Å². The van der Waals surface area contributed by atoms with Crippen LogP contribution >= 0.6 is 0 Å². The maximum atomic E-state index is 12.7. The minimum Gasteiger partial charge on any atom is -0.484 e. The van der Waals surface area contributed by atoms with E-state index in [1.54, 1.807) is 0 Å². The van der Waals surface area contributed by atoms with Gasteiger partial charge in [-0.05, 0) is 18.2 Å². The van der Waals surface area contributed by atoms with Crippen LogP contribution < -0.4 is 4.74 Å². The van der Waals surface area contributed by atoms with E-state index >= 15 is 0 Å². The van der Waals surface area contributed by atoms with E-state index in [-0.39, 0.29) is 30.1 Å². The molecule has 1 fully saturated rings. The Morgan fingerprint density at radius 2 is 2.05 bits per heavy atom. The van der Waals surface area contributed by atoms with Crippen molar-refractivity contribution in [3.05, 3.63) is 29.3 Å². The van der Waals surface area contributed by atoms with Crippen molar-refractivity contribution in [3.63, 3.8) is 0 Å². The summed E-state index contributed by atoms with van der Waals surface area (Å²) in [7, 11) is 0. The minimum absolute atomic E-state index is 0.0107. The van der Waals surface area contributed by atoms with Crippen LogP contribution in [-0.2, 0) is 10.9 Å². The van der Waals surface area contributed by atoms with Crippen LogP contribution in [0.25, 0.3) is 0 Å². The van der Waals surface area contributed by atoms with E-state index in [4.69, 9.17) is 9.47 Å². The first-order chi connectivity index (χ1) is 8.90. The lowest BCUT2D eigenvalue weighted by atomic mass is 9.89. The quantitative estimate of drug-likeness (QED) is 0.728.